The molecule has 3 nitrogen and oxygen atoms in total. The molecule has 0 atom stereocenters. The van der Waals surface area contributed by atoms with Gasteiger partial charge in [-0.25, -0.2) is 0 Å². The van der Waals surface area contributed by atoms with Crippen LogP contribution in [-0.2, 0) is 0 Å². The molecule has 0 N–H and O–H groups in total. The van der Waals surface area contributed by atoms with Gasteiger partial charge in [0.15, 0.2) is 0 Å². The van der Waals surface area contributed by atoms with E-state index in [-0.39, 0.29) is 10.6 Å². The van der Waals surface area contributed by atoms with Gasteiger partial charge in [0, 0.05) is 11.0 Å². The van der Waals surface area contributed by atoms with Gasteiger partial charge in [0.25, 0.3) is 5.69 Å². The van der Waals surface area contributed by atoms with Crippen molar-refractivity contribution in [3.05, 3.63) is 89.0 Å². The molecule has 3 aromatic rings. The Hall–Kier alpha value is -2.59. The molecule has 108 valence electrons. The molecule has 0 heterocycles. The van der Waals surface area contributed by atoms with E-state index >= 15 is 0 Å². The third-order valence-electron chi connectivity index (χ3n) is 3.25. The average molecular weight is 307 g/mol. The maximum atomic E-state index is 11.2. The van der Waals surface area contributed by atoms with Gasteiger partial charge in [-0.1, -0.05) is 72.4 Å². The van der Waals surface area contributed by atoms with Gasteiger partial charge in [-0.15, -0.1) is 0 Å². The number of rotatable bonds is 4. The Morgan fingerprint density at radius 2 is 1.32 bits per heavy atom. The zero-order valence-electron chi connectivity index (χ0n) is 11.7. The summed E-state index contributed by atoms with van der Waals surface area (Å²) in [4.78, 5) is 12.5. The molecule has 3 aromatic carbocycles. The summed E-state index contributed by atoms with van der Waals surface area (Å²) in [5, 5.41) is 11.2. The SMILES string of the molecule is O=[N+]([O-])c1ccccc1Sc1ccccc1-c1ccccc1. The van der Waals surface area contributed by atoms with Gasteiger partial charge < -0.3 is 0 Å². The first-order valence-electron chi connectivity index (χ1n) is 6.81. The number of nitro benzene ring substituents is 1. The minimum Gasteiger partial charge on any atom is -0.258 e. The normalized spacial score (nSPS) is 10.4. The molecule has 0 bridgehead atoms. The van der Waals surface area contributed by atoms with Crippen LogP contribution in [0.4, 0.5) is 5.69 Å². The lowest BCUT2D eigenvalue weighted by molar-refractivity contribution is -0.387. The third kappa shape index (κ3) is 3.02. The highest BCUT2D eigenvalue weighted by molar-refractivity contribution is 7.99. The van der Waals surface area contributed by atoms with E-state index in [1.807, 2.05) is 60.7 Å². The molecule has 0 fully saturated rings. The third-order valence-corrected chi connectivity index (χ3v) is 4.39. The van der Waals surface area contributed by atoms with Gasteiger partial charge in [-0.3, -0.25) is 10.1 Å². The monoisotopic (exact) mass is 307 g/mol. The number of benzene rings is 3. The molecule has 0 saturated heterocycles. The van der Waals surface area contributed by atoms with Crippen LogP contribution < -0.4 is 0 Å². The zero-order valence-corrected chi connectivity index (χ0v) is 12.5. The van der Waals surface area contributed by atoms with Crippen LogP contribution in [0, 0.1) is 10.1 Å². The Bertz CT molecular complexity index is 803. The molecule has 0 aromatic heterocycles. The van der Waals surface area contributed by atoms with Crippen LogP contribution in [0.2, 0.25) is 0 Å². The first kappa shape index (κ1) is 14.4. The second kappa shape index (κ2) is 6.45. The molecule has 0 aliphatic heterocycles. The molecule has 4 heteroatoms. The van der Waals surface area contributed by atoms with Crippen molar-refractivity contribution in [1.82, 2.24) is 0 Å². The molecule has 0 spiro atoms. The van der Waals surface area contributed by atoms with E-state index < -0.39 is 0 Å². The average Bonchev–Trinajstić information content (AvgIpc) is 2.56. The maximum Gasteiger partial charge on any atom is 0.283 e. The topological polar surface area (TPSA) is 43.1 Å². The van der Waals surface area contributed by atoms with E-state index in [0.717, 1.165) is 16.0 Å². The Labute approximate surface area is 132 Å². The summed E-state index contributed by atoms with van der Waals surface area (Å²) >= 11 is 1.42. The Morgan fingerprint density at radius 1 is 0.727 bits per heavy atom. The summed E-state index contributed by atoms with van der Waals surface area (Å²) < 4.78 is 0. The summed E-state index contributed by atoms with van der Waals surface area (Å²) in [6.07, 6.45) is 0. The van der Waals surface area contributed by atoms with E-state index in [1.54, 1.807) is 12.1 Å². The molecule has 22 heavy (non-hydrogen) atoms. The quantitative estimate of drug-likeness (QED) is 0.478. The zero-order chi connectivity index (χ0) is 15.4. The van der Waals surface area contributed by atoms with Gasteiger partial charge in [0.1, 0.15) is 0 Å². The van der Waals surface area contributed by atoms with E-state index in [9.17, 15) is 10.1 Å². The lowest BCUT2D eigenvalue weighted by Crippen LogP contribution is -1.90. The predicted octanol–water partition coefficient (Wildman–Crippen LogP) is 5.41. The standard InChI is InChI=1S/C18H13NO2S/c20-19(21)16-11-5-7-13-18(16)22-17-12-6-4-10-15(17)14-8-2-1-3-9-14/h1-13H. The van der Waals surface area contributed by atoms with Gasteiger partial charge in [0.2, 0.25) is 0 Å². The maximum absolute atomic E-state index is 11.2. The first-order valence-corrected chi connectivity index (χ1v) is 7.63. The second-order valence-electron chi connectivity index (χ2n) is 4.69. The molecule has 0 radical (unpaired) electrons. The second-order valence-corrected chi connectivity index (χ2v) is 5.77. The summed E-state index contributed by atoms with van der Waals surface area (Å²) in [7, 11) is 0. The molecule has 0 unspecified atom stereocenters. The fraction of sp³-hybridized carbons (Fsp3) is 0. The summed E-state index contributed by atoms with van der Waals surface area (Å²) in [6.45, 7) is 0. The number of hydrogen-bond donors (Lipinski definition) is 0. The minimum atomic E-state index is -0.340. The molecule has 0 aliphatic rings. The van der Waals surface area contributed by atoms with Crippen LogP contribution in [0.15, 0.2) is 88.7 Å². The van der Waals surface area contributed by atoms with Gasteiger partial charge in [-0.2, -0.15) is 0 Å². The Kier molecular flexibility index (Phi) is 4.21. The highest BCUT2D eigenvalue weighted by Gasteiger charge is 2.15. The summed E-state index contributed by atoms with van der Waals surface area (Å²) in [5.74, 6) is 0. The number of hydrogen-bond acceptors (Lipinski definition) is 3. The van der Waals surface area contributed by atoms with Crippen molar-refractivity contribution in [2.75, 3.05) is 0 Å². The molecular weight excluding hydrogens is 294 g/mol. The molecule has 3 rings (SSSR count). The minimum absolute atomic E-state index is 0.135. The van der Waals surface area contributed by atoms with Crippen molar-refractivity contribution in [3.8, 4) is 11.1 Å². The predicted molar refractivity (Wildman–Crippen MR) is 89.1 cm³/mol. The highest BCUT2D eigenvalue weighted by atomic mass is 32.2. The number of nitrogens with zero attached hydrogens (tertiary/aromatic N) is 1. The number of nitro groups is 1. The lowest BCUT2D eigenvalue weighted by Gasteiger charge is -2.09. The molecule has 0 saturated carbocycles. The Balaban J connectivity index is 2.03. The van der Waals surface area contributed by atoms with Crippen molar-refractivity contribution < 1.29 is 4.92 Å². The van der Waals surface area contributed by atoms with Gasteiger partial charge in [0.05, 0.1) is 9.82 Å². The lowest BCUT2D eigenvalue weighted by atomic mass is 10.1. The largest absolute Gasteiger partial charge is 0.283 e. The number of para-hydroxylation sites is 1. The van der Waals surface area contributed by atoms with Crippen LogP contribution in [0.1, 0.15) is 0 Å². The Morgan fingerprint density at radius 3 is 2.05 bits per heavy atom. The van der Waals surface area contributed by atoms with Gasteiger partial charge >= 0.3 is 0 Å². The van der Waals surface area contributed by atoms with Crippen LogP contribution in [0.5, 0.6) is 0 Å². The first-order chi connectivity index (χ1) is 10.8. The van der Waals surface area contributed by atoms with Crippen molar-refractivity contribution in [2.45, 2.75) is 9.79 Å². The van der Waals surface area contributed by atoms with Crippen LogP contribution in [0.25, 0.3) is 11.1 Å². The van der Waals surface area contributed by atoms with E-state index in [4.69, 9.17) is 0 Å². The van der Waals surface area contributed by atoms with E-state index in [1.165, 1.54) is 17.8 Å². The fourth-order valence-corrected chi connectivity index (χ4v) is 3.30. The highest BCUT2D eigenvalue weighted by Crippen LogP contribution is 2.39. The van der Waals surface area contributed by atoms with Crippen LogP contribution >= 0.6 is 11.8 Å². The van der Waals surface area contributed by atoms with Crippen LogP contribution in [-0.4, -0.2) is 4.92 Å². The fourth-order valence-electron chi connectivity index (χ4n) is 2.22. The molecular formula is C18H13NO2S. The van der Waals surface area contributed by atoms with E-state index in [0.29, 0.717) is 4.90 Å². The van der Waals surface area contributed by atoms with Crippen molar-refractivity contribution in [3.63, 3.8) is 0 Å². The van der Waals surface area contributed by atoms with Crippen LogP contribution in [0.3, 0.4) is 0 Å². The molecule has 0 aliphatic carbocycles. The summed E-state index contributed by atoms with van der Waals surface area (Å²) in [5.41, 5.74) is 2.31. The van der Waals surface area contributed by atoms with Crippen molar-refractivity contribution >= 4 is 17.4 Å². The van der Waals surface area contributed by atoms with Crippen molar-refractivity contribution in [2.24, 2.45) is 0 Å². The summed E-state index contributed by atoms with van der Waals surface area (Å²) in [6, 6.07) is 24.8. The van der Waals surface area contributed by atoms with Crippen molar-refractivity contribution in [1.29, 1.82) is 0 Å². The smallest absolute Gasteiger partial charge is 0.258 e. The van der Waals surface area contributed by atoms with Gasteiger partial charge in [-0.05, 0) is 23.3 Å². The molecule has 0 amide bonds. The van der Waals surface area contributed by atoms with E-state index in [2.05, 4.69) is 0 Å².